The topological polar surface area (TPSA) is 71.5 Å². The zero-order valence-corrected chi connectivity index (χ0v) is 17.3. The predicted octanol–water partition coefficient (Wildman–Crippen LogP) is 2.88. The monoisotopic (exact) mass is 403 g/mol. The second-order valence-corrected chi connectivity index (χ2v) is 7.44. The Hall–Kier alpha value is -3.48. The van der Waals surface area contributed by atoms with Crippen LogP contribution in [0.2, 0.25) is 0 Å². The minimum atomic E-state index is 0.00896. The summed E-state index contributed by atoms with van der Waals surface area (Å²) in [6, 6.07) is 13.8. The highest BCUT2D eigenvalue weighted by Crippen LogP contribution is 2.20. The molecule has 4 rings (SSSR count). The molecule has 3 aromatic rings. The molecule has 1 aromatic carbocycles. The first-order chi connectivity index (χ1) is 14.6. The number of anilines is 1. The van der Waals surface area contributed by atoms with E-state index in [2.05, 4.69) is 20.1 Å². The predicted molar refractivity (Wildman–Crippen MR) is 115 cm³/mol. The van der Waals surface area contributed by atoms with Gasteiger partial charge in [-0.25, -0.2) is 0 Å². The van der Waals surface area contributed by atoms with Crippen LogP contribution in [0.25, 0.3) is 11.3 Å². The largest absolute Gasteiger partial charge is 0.483 e. The van der Waals surface area contributed by atoms with Gasteiger partial charge in [0.05, 0.1) is 5.69 Å². The van der Waals surface area contributed by atoms with E-state index in [1.54, 1.807) is 12.4 Å². The lowest BCUT2D eigenvalue weighted by atomic mass is 10.1. The molecule has 3 heterocycles. The van der Waals surface area contributed by atoms with Crippen LogP contribution in [-0.2, 0) is 4.79 Å². The van der Waals surface area contributed by atoms with Gasteiger partial charge in [-0.3, -0.25) is 9.78 Å². The summed E-state index contributed by atoms with van der Waals surface area (Å²) in [5.74, 6) is 1.60. The zero-order valence-electron chi connectivity index (χ0n) is 17.3. The average Bonchev–Trinajstić information content (AvgIpc) is 2.80. The molecule has 1 aliphatic rings. The van der Waals surface area contributed by atoms with Gasteiger partial charge in [0.1, 0.15) is 5.75 Å². The van der Waals surface area contributed by atoms with Gasteiger partial charge < -0.3 is 14.5 Å². The van der Waals surface area contributed by atoms with Crippen molar-refractivity contribution in [2.24, 2.45) is 0 Å². The molecule has 0 N–H and O–H groups in total. The first kappa shape index (κ1) is 19.8. The molecular formula is C23H25N5O2. The number of nitrogens with zero attached hydrogens (tertiary/aromatic N) is 5. The van der Waals surface area contributed by atoms with Crippen molar-refractivity contribution in [3.63, 3.8) is 0 Å². The molecule has 2 aromatic heterocycles. The number of carbonyl (C=O) groups excluding carboxylic acids is 1. The maximum absolute atomic E-state index is 12.6. The number of benzene rings is 1. The number of aryl methyl sites for hydroxylation is 2. The highest BCUT2D eigenvalue weighted by Gasteiger charge is 2.22. The number of piperazine rings is 1. The summed E-state index contributed by atoms with van der Waals surface area (Å²) in [4.78, 5) is 20.6. The van der Waals surface area contributed by atoms with Gasteiger partial charge in [-0.1, -0.05) is 12.1 Å². The van der Waals surface area contributed by atoms with Gasteiger partial charge in [0.2, 0.25) is 0 Å². The van der Waals surface area contributed by atoms with Crippen molar-refractivity contribution in [3.8, 4) is 17.0 Å². The minimum absolute atomic E-state index is 0.00896. The van der Waals surface area contributed by atoms with Crippen molar-refractivity contribution >= 4 is 11.7 Å². The summed E-state index contributed by atoms with van der Waals surface area (Å²) in [6.45, 7) is 6.78. The maximum atomic E-state index is 12.6. The molecule has 0 radical (unpaired) electrons. The third-order valence-electron chi connectivity index (χ3n) is 5.28. The fourth-order valence-electron chi connectivity index (χ4n) is 3.45. The first-order valence-corrected chi connectivity index (χ1v) is 10.1. The molecule has 1 aliphatic heterocycles. The van der Waals surface area contributed by atoms with Crippen LogP contribution in [0.15, 0.2) is 54.9 Å². The Morgan fingerprint density at radius 3 is 2.43 bits per heavy atom. The minimum Gasteiger partial charge on any atom is -0.483 e. The Kier molecular flexibility index (Phi) is 5.88. The number of pyridine rings is 1. The number of hydrogen-bond acceptors (Lipinski definition) is 6. The lowest BCUT2D eigenvalue weighted by molar-refractivity contribution is -0.133. The van der Waals surface area contributed by atoms with E-state index >= 15 is 0 Å². The Morgan fingerprint density at radius 2 is 1.73 bits per heavy atom. The molecule has 7 nitrogen and oxygen atoms in total. The molecule has 1 amide bonds. The van der Waals surface area contributed by atoms with E-state index in [9.17, 15) is 4.79 Å². The van der Waals surface area contributed by atoms with Crippen molar-refractivity contribution in [1.82, 2.24) is 20.1 Å². The Labute approximate surface area is 176 Å². The van der Waals surface area contributed by atoms with E-state index < -0.39 is 0 Å². The van der Waals surface area contributed by atoms with Gasteiger partial charge in [-0.05, 0) is 55.3 Å². The average molecular weight is 403 g/mol. The summed E-state index contributed by atoms with van der Waals surface area (Å²) in [6.07, 6.45) is 3.48. The fourth-order valence-corrected chi connectivity index (χ4v) is 3.45. The van der Waals surface area contributed by atoms with Gasteiger partial charge in [0.15, 0.2) is 12.4 Å². The second kappa shape index (κ2) is 8.90. The highest BCUT2D eigenvalue weighted by atomic mass is 16.5. The van der Waals surface area contributed by atoms with Crippen LogP contribution < -0.4 is 9.64 Å². The fraction of sp³-hybridized carbons (Fsp3) is 0.304. The van der Waals surface area contributed by atoms with E-state index in [0.29, 0.717) is 13.1 Å². The number of amides is 1. The smallest absolute Gasteiger partial charge is 0.260 e. The first-order valence-electron chi connectivity index (χ1n) is 10.1. The summed E-state index contributed by atoms with van der Waals surface area (Å²) in [5, 5.41) is 8.71. The van der Waals surface area contributed by atoms with Crippen LogP contribution in [0, 0.1) is 13.8 Å². The maximum Gasteiger partial charge on any atom is 0.260 e. The Bertz CT molecular complexity index is 1000. The normalized spacial score (nSPS) is 13.9. The molecule has 154 valence electrons. The quantitative estimate of drug-likeness (QED) is 0.652. The van der Waals surface area contributed by atoms with Crippen molar-refractivity contribution in [2.75, 3.05) is 37.7 Å². The van der Waals surface area contributed by atoms with E-state index in [0.717, 1.165) is 47.0 Å². The Morgan fingerprint density at radius 1 is 0.967 bits per heavy atom. The van der Waals surface area contributed by atoms with Crippen molar-refractivity contribution < 1.29 is 9.53 Å². The zero-order chi connectivity index (χ0) is 20.9. The molecule has 0 bridgehead atoms. The van der Waals surface area contributed by atoms with Crippen LogP contribution >= 0.6 is 0 Å². The van der Waals surface area contributed by atoms with E-state index in [-0.39, 0.29) is 12.5 Å². The Balaban J connectivity index is 1.30. The number of carbonyl (C=O) groups is 1. The van der Waals surface area contributed by atoms with Crippen LogP contribution in [0.3, 0.4) is 0 Å². The van der Waals surface area contributed by atoms with E-state index in [1.807, 2.05) is 61.2 Å². The summed E-state index contributed by atoms with van der Waals surface area (Å²) < 4.78 is 5.77. The third-order valence-corrected chi connectivity index (χ3v) is 5.28. The molecular weight excluding hydrogens is 378 g/mol. The van der Waals surface area contributed by atoms with Gasteiger partial charge in [-0.2, -0.15) is 0 Å². The summed E-state index contributed by atoms with van der Waals surface area (Å²) >= 11 is 0. The van der Waals surface area contributed by atoms with Crippen molar-refractivity contribution in [2.45, 2.75) is 13.8 Å². The van der Waals surface area contributed by atoms with Crippen LogP contribution in [0.4, 0.5) is 5.82 Å². The van der Waals surface area contributed by atoms with Gasteiger partial charge in [0.25, 0.3) is 5.91 Å². The van der Waals surface area contributed by atoms with Crippen LogP contribution in [0.1, 0.15) is 11.1 Å². The molecule has 1 saturated heterocycles. The second-order valence-electron chi connectivity index (χ2n) is 7.44. The molecule has 0 unspecified atom stereocenters. The number of ether oxygens (including phenoxy) is 1. The van der Waals surface area contributed by atoms with E-state index in [4.69, 9.17) is 4.74 Å². The number of rotatable bonds is 5. The number of hydrogen-bond donors (Lipinski definition) is 0. The number of aromatic nitrogens is 3. The van der Waals surface area contributed by atoms with Gasteiger partial charge in [0, 0.05) is 44.1 Å². The summed E-state index contributed by atoms with van der Waals surface area (Å²) in [7, 11) is 0. The molecule has 0 saturated carbocycles. The molecule has 30 heavy (non-hydrogen) atoms. The lowest BCUT2D eigenvalue weighted by Crippen LogP contribution is -2.50. The van der Waals surface area contributed by atoms with Gasteiger partial charge >= 0.3 is 0 Å². The standard InChI is InChI=1S/C23H25N5O2/c1-17-3-4-18(2)21(15-17)30-16-23(29)28-13-11-27(12-14-28)22-6-5-20(25-26-22)19-7-9-24-10-8-19/h3-10,15H,11-14,16H2,1-2H3. The third kappa shape index (κ3) is 4.56. The summed E-state index contributed by atoms with van der Waals surface area (Å²) in [5.41, 5.74) is 3.96. The molecule has 0 spiro atoms. The van der Waals surface area contributed by atoms with Crippen LogP contribution in [0.5, 0.6) is 5.75 Å². The van der Waals surface area contributed by atoms with E-state index in [1.165, 1.54) is 0 Å². The van der Waals surface area contributed by atoms with Crippen molar-refractivity contribution in [1.29, 1.82) is 0 Å². The van der Waals surface area contributed by atoms with Crippen molar-refractivity contribution in [3.05, 3.63) is 66.0 Å². The lowest BCUT2D eigenvalue weighted by Gasteiger charge is -2.35. The molecule has 0 aliphatic carbocycles. The van der Waals surface area contributed by atoms with Gasteiger partial charge in [-0.15, -0.1) is 10.2 Å². The SMILES string of the molecule is Cc1ccc(C)c(OCC(=O)N2CCN(c3ccc(-c4ccncc4)nn3)CC2)c1. The molecule has 0 atom stereocenters. The molecule has 7 heteroatoms. The van der Waals surface area contributed by atoms with Crippen LogP contribution in [-0.4, -0.2) is 58.8 Å². The molecule has 1 fully saturated rings. The highest BCUT2D eigenvalue weighted by molar-refractivity contribution is 5.78.